The van der Waals surface area contributed by atoms with Gasteiger partial charge >= 0.3 is 0 Å². The molecule has 0 amide bonds. The third kappa shape index (κ3) is 3.34. The van der Waals surface area contributed by atoms with E-state index in [-0.39, 0.29) is 0 Å². The smallest absolute Gasteiger partial charge is 0.0561 e. The lowest BCUT2D eigenvalue weighted by Gasteiger charge is -2.39. The molecule has 1 N–H and O–H groups in total. The molecule has 4 atom stereocenters. The average molecular weight is 324 g/mol. The first-order valence-electron chi connectivity index (χ1n) is 8.86. The number of hydrogen-bond acceptors (Lipinski definition) is 2. The number of nitrogens with one attached hydrogen (secondary N) is 1. The molecular formula is C21H25NS. The van der Waals surface area contributed by atoms with Crippen molar-refractivity contribution in [2.24, 2.45) is 5.92 Å². The Morgan fingerprint density at radius 2 is 1.43 bits per heavy atom. The van der Waals surface area contributed by atoms with Crippen molar-refractivity contribution in [1.29, 1.82) is 0 Å². The molecule has 0 aromatic heterocycles. The van der Waals surface area contributed by atoms with Crippen LogP contribution in [0.1, 0.15) is 42.2 Å². The summed E-state index contributed by atoms with van der Waals surface area (Å²) >= 11 is 2.13. The largest absolute Gasteiger partial charge is 0.304 e. The summed E-state index contributed by atoms with van der Waals surface area (Å²) in [5.41, 5.74) is 3.04. The highest BCUT2D eigenvalue weighted by molar-refractivity contribution is 8.00. The number of thioether (sulfide) groups is 1. The maximum Gasteiger partial charge on any atom is 0.0561 e. The molecule has 0 radical (unpaired) electrons. The Bertz CT molecular complexity index is 606. The second kappa shape index (κ2) is 7.11. The molecule has 23 heavy (non-hydrogen) atoms. The van der Waals surface area contributed by atoms with Crippen LogP contribution in [0.25, 0.3) is 0 Å². The van der Waals surface area contributed by atoms with Gasteiger partial charge < -0.3 is 5.32 Å². The minimum Gasteiger partial charge on any atom is -0.304 e. The van der Waals surface area contributed by atoms with E-state index in [1.165, 1.54) is 42.7 Å². The van der Waals surface area contributed by atoms with E-state index in [2.05, 4.69) is 77.7 Å². The standard InChI is InChI=1S/C21H25NS/c1-3-7-16(8-4-1)19-12-11-18(21-22-13-14-23-21)15-20(19)17-9-5-2-6-10-17/h1-10,18-22H,11-15H2. The van der Waals surface area contributed by atoms with E-state index < -0.39 is 0 Å². The van der Waals surface area contributed by atoms with Gasteiger partial charge in [0.25, 0.3) is 0 Å². The zero-order valence-corrected chi connectivity index (χ0v) is 14.3. The molecule has 4 rings (SSSR count). The molecule has 1 saturated carbocycles. The van der Waals surface area contributed by atoms with Gasteiger partial charge in [-0.05, 0) is 48.1 Å². The first kappa shape index (κ1) is 15.3. The molecule has 2 aromatic carbocycles. The Morgan fingerprint density at radius 3 is 2.04 bits per heavy atom. The van der Waals surface area contributed by atoms with Crippen LogP contribution in [0.3, 0.4) is 0 Å². The van der Waals surface area contributed by atoms with E-state index in [1.807, 2.05) is 0 Å². The first-order valence-corrected chi connectivity index (χ1v) is 9.91. The van der Waals surface area contributed by atoms with E-state index in [4.69, 9.17) is 0 Å². The van der Waals surface area contributed by atoms with Crippen LogP contribution in [0.2, 0.25) is 0 Å². The molecule has 120 valence electrons. The van der Waals surface area contributed by atoms with Crippen LogP contribution >= 0.6 is 11.8 Å². The molecule has 1 nitrogen and oxygen atoms in total. The minimum absolute atomic E-state index is 0.653. The van der Waals surface area contributed by atoms with Gasteiger partial charge in [-0.15, -0.1) is 11.8 Å². The zero-order chi connectivity index (χ0) is 15.5. The zero-order valence-electron chi connectivity index (χ0n) is 13.5. The molecule has 4 unspecified atom stereocenters. The number of benzene rings is 2. The van der Waals surface area contributed by atoms with Gasteiger partial charge in [-0.25, -0.2) is 0 Å². The van der Waals surface area contributed by atoms with Gasteiger partial charge in [0.15, 0.2) is 0 Å². The molecular weight excluding hydrogens is 298 g/mol. The van der Waals surface area contributed by atoms with E-state index in [0.29, 0.717) is 17.2 Å². The lowest BCUT2D eigenvalue weighted by atomic mass is 9.68. The molecule has 2 aromatic rings. The predicted molar refractivity (Wildman–Crippen MR) is 100.0 cm³/mol. The molecule has 1 aliphatic heterocycles. The van der Waals surface area contributed by atoms with Gasteiger partial charge in [-0.1, -0.05) is 60.7 Å². The maximum atomic E-state index is 3.72. The summed E-state index contributed by atoms with van der Waals surface area (Å²) in [5.74, 6) is 3.41. The number of rotatable bonds is 3. The lowest BCUT2D eigenvalue weighted by Crippen LogP contribution is -2.34. The summed E-state index contributed by atoms with van der Waals surface area (Å²) in [5, 5.41) is 4.39. The SMILES string of the molecule is c1ccc(C2CCC(C3NCCS3)CC2c2ccccc2)cc1. The van der Waals surface area contributed by atoms with Crippen molar-refractivity contribution in [3.05, 3.63) is 71.8 Å². The Balaban J connectivity index is 1.61. The summed E-state index contributed by atoms with van der Waals surface area (Å²) in [6.07, 6.45) is 3.98. The fourth-order valence-corrected chi connectivity index (χ4v) is 5.64. The molecule has 0 bridgehead atoms. The van der Waals surface area contributed by atoms with E-state index in [1.54, 1.807) is 0 Å². The van der Waals surface area contributed by atoms with Crippen molar-refractivity contribution in [2.45, 2.75) is 36.5 Å². The van der Waals surface area contributed by atoms with Gasteiger partial charge in [0, 0.05) is 12.3 Å². The average Bonchev–Trinajstić information content (AvgIpc) is 3.17. The van der Waals surface area contributed by atoms with Crippen LogP contribution in [0.5, 0.6) is 0 Å². The summed E-state index contributed by atoms with van der Waals surface area (Å²) in [4.78, 5) is 0. The van der Waals surface area contributed by atoms with Gasteiger partial charge in [0.2, 0.25) is 0 Å². The van der Waals surface area contributed by atoms with Crippen molar-refractivity contribution in [3.63, 3.8) is 0 Å². The molecule has 2 fully saturated rings. The van der Waals surface area contributed by atoms with E-state index in [9.17, 15) is 0 Å². The Kier molecular flexibility index (Phi) is 4.72. The molecule has 1 aliphatic carbocycles. The Labute approximate surface area is 143 Å². The van der Waals surface area contributed by atoms with Crippen molar-refractivity contribution < 1.29 is 0 Å². The van der Waals surface area contributed by atoms with Crippen LogP contribution < -0.4 is 5.32 Å². The van der Waals surface area contributed by atoms with Crippen LogP contribution in [0.4, 0.5) is 0 Å². The third-order valence-electron chi connectivity index (χ3n) is 5.52. The second-order valence-electron chi connectivity index (χ2n) is 6.85. The lowest BCUT2D eigenvalue weighted by molar-refractivity contribution is 0.271. The normalized spacial score (nSPS) is 31.1. The highest BCUT2D eigenvalue weighted by atomic mass is 32.2. The molecule has 0 spiro atoms. The quantitative estimate of drug-likeness (QED) is 0.851. The van der Waals surface area contributed by atoms with Crippen molar-refractivity contribution in [1.82, 2.24) is 5.32 Å². The molecule has 2 heteroatoms. The topological polar surface area (TPSA) is 12.0 Å². The first-order chi connectivity index (χ1) is 11.4. The van der Waals surface area contributed by atoms with E-state index >= 15 is 0 Å². The maximum absolute atomic E-state index is 3.72. The summed E-state index contributed by atoms with van der Waals surface area (Å²) in [7, 11) is 0. The van der Waals surface area contributed by atoms with Crippen LogP contribution in [0, 0.1) is 5.92 Å². The van der Waals surface area contributed by atoms with Crippen LogP contribution in [0.15, 0.2) is 60.7 Å². The highest BCUT2D eigenvalue weighted by Gasteiger charge is 2.36. The van der Waals surface area contributed by atoms with Crippen LogP contribution in [-0.2, 0) is 0 Å². The van der Waals surface area contributed by atoms with Gasteiger partial charge in [0.05, 0.1) is 5.37 Å². The van der Waals surface area contributed by atoms with Crippen LogP contribution in [-0.4, -0.2) is 17.7 Å². The van der Waals surface area contributed by atoms with Crippen molar-refractivity contribution >= 4 is 11.8 Å². The van der Waals surface area contributed by atoms with E-state index in [0.717, 1.165) is 5.92 Å². The predicted octanol–water partition coefficient (Wildman–Crippen LogP) is 5.02. The van der Waals surface area contributed by atoms with Crippen molar-refractivity contribution in [2.75, 3.05) is 12.3 Å². The molecule has 1 heterocycles. The minimum atomic E-state index is 0.653. The number of hydrogen-bond donors (Lipinski definition) is 1. The fourth-order valence-electron chi connectivity index (χ4n) is 4.39. The summed E-state index contributed by atoms with van der Waals surface area (Å²) in [6, 6.07) is 22.4. The van der Waals surface area contributed by atoms with Crippen molar-refractivity contribution in [3.8, 4) is 0 Å². The summed E-state index contributed by atoms with van der Waals surface area (Å²) in [6.45, 7) is 1.18. The Hall–Kier alpha value is -1.25. The fraction of sp³-hybridized carbons (Fsp3) is 0.429. The van der Waals surface area contributed by atoms with Gasteiger partial charge in [0.1, 0.15) is 0 Å². The molecule has 2 aliphatic rings. The monoisotopic (exact) mass is 323 g/mol. The van der Waals surface area contributed by atoms with Gasteiger partial charge in [-0.2, -0.15) is 0 Å². The highest BCUT2D eigenvalue weighted by Crippen LogP contribution is 2.48. The second-order valence-corrected chi connectivity index (χ2v) is 8.10. The third-order valence-corrected chi connectivity index (χ3v) is 6.87. The van der Waals surface area contributed by atoms with Gasteiger partial charge in [-0.3, -0.25) is 0 Å². The summed E-state index contributed by atoms with van der Waals surface area (Å²) < 4.78 is 0. The molecule has 1 saturated heterocycles. The Morgan fingerprint density at radius 1 is 0.783 bits per heavy atom.